The number of aliphatic hydroxyl groups is 1. The first-order valence-electron chi connectivity index (χ1n) is 5.11. The Bertz CT molecular complexity index is 214. The van der Waals surface area contributed by atoms with Gasteiger partial charge >= 0.3 is 0 Å². The van der Waals surface area contributed by atoms with Crippen molar-refractivity contribution < 1.29 is 19.3 Å². The maximum Gasteiger partial charge on any atom is 0.163 e. The predicted molar refractivity (Wildman–Crippen MR) is 49.8 cm³/mol. The molecule has 4 nitrogen and oxygen atoms in total. The number of rotatable bonds is 0. The summed E-state index contributed by atoms with van der Waals surface area (Å²) in [6.45, 7) is 6.76. The molecule has 2 aliphatic rings. The molecule has 0 amide bonds. The topological polar surface area (TPSA) is 47.9 Å². The molecule has 0 aromatic rings. The Balaban J connectivity index is 2.08. The van der Waals surface area contributed by atoms with E-state index in [2.05, 4.69) is 0 Å². The highest BCUT2D eigenvalue weighted by atomic mass is 16.7. The van der Waals surface area contributed by atoms with Crippen LogP contribution in [-0.2, 0) is 14.2 Å². The lowest BCUT2D eigenvalue weighted by atomic mass is 9.93. The largest absolute Gasteiger partial charge is 0.390 e. The minimum absolute atomic E-state index is 0.116. The first kappa shape index (κ1) is 10.4. The Hall–Kier alpha value is -0.160. The van der Waals surface area contributed by atoms with Gasteiger partial charge in [-0.25, -0.2) is 0 Å². The lowest BCUT2D eigenvalue weighted by Gasteiger charge is -2.46. The molecule has 0 spiro atoms. The maximum absolute atomic E-state index is 9.94. The Morgan fingerprint density at radius 1 is 1.29 bits per heavy atom. The van der Waals surface area contributed by atoms with Crippen molar-refractivity contribution in [3.05, 3.63) is 0 Å². The van der Waals surface area contributed by atoms with Gasteiger partial charge in [-0.05, 0) is 13.8 Å². The molecule has 2 saturated heterocycles. The van der Waals surface area contributed by atoms with Crippen LogP contribution < -0.4 is 0 Å². The summed E-state index contributed by atoms with van der Waals surface area (Å²) in [5.41, 5.74) is 0. The fourth-order valence-corrected chi connectivity index (χ4v) is 1.95. The summed E-state index contributed by atoms with van der Waals surface area (Å²) in [6, 6.07) is 0. The van der Waals surface area contributed by atoms with Crippen molar-refractivity contribution in [1.29, 1.82) is 0 Å². The van der Waals surface area contributed by atoms with E-state index in [-0.39, 0.29) is 18.1 Å². The van der Waals surface area contributed by atoms with Gasteiger partial charge in [-0.15, -0.1) is 0 Å². The molecule has 1 N–H and O–H groups in total. The third-order valence-corrected chi connectivity index (χ3v) is 2.87. The van der Waals surface area contributed by atoms with E-state index in [0.29, 0.717) is 13.2 Å². The molecule has 0 unspecified atom stereocenters. The second kappa shape index (κ2) is 3.45. The normalized spacial score (nSPS) is 47.1. The third kappa shape index (κ3) is 1.80. The summed E-state index contributed by atoms with van der Waals surface area (Å²) in [4.78, 5) is 0. The van der Waals surface area contributed by atoms with Gasteiger partial charge in [-0.2, -0.15) is 0 Å². The van der Waals surface area contributed by atoms with E-state index in [1.807, 2.05) is 20.8 Å². The summed E-state index contributed by atoms with van der Waals surface area (Å²) in [5, 5.41) is 9.94. The van der Waals surface area contributed by atoms with E-state index >= 15 is 0 Å². The Morgan fingerprint density at radius 2 is 2.00 bits per heavy atom. The number of hydrogen-bond donors (Lipinski definition) is 1. The van der Waals surface area contributed by atoms with Crippen LogP contribution in [0, 0.1) is 5.92 Å². The Morgan fingerprint density at radius 3 is 2.71 bits per heavy atom. The smallest absolute Gasteiger partial charge is 0.163 e. The first-order valence-corrected chi connectivity index (χ1v) is 5.11. The van der Waals surface area contributed by atoms with E-state index in [9.17, 15) is 5.11 Å². The summed E-state index contributed by atoms with van der Waals surface area (Å²) in [7, 11) is 0. The van der Waals surface area contributed by atoms with E-state index < -0.39 is 11.9 Å². The molecule has 2 fully saturated rings. The Labute approximate surface area is 84.1 Å². The van der Waals surface area contributed by atoms with Crippen LogP contribution in [0.1, 0.15) is 20.8 Å². The molecule has 0 aliphatic carbocycles. The zero-order valence-electron chi connectivity index (χ0n) is 8.90. The van der Waals surface area contributed by atoms with Crippen molar-refractivity contribution in [3.63, 3.8) is 0 Å². The minimum Gasteiger partial charge on any atom is -0.390 e. The summed E-state index contributed by atoms with van der Waals surface area (Å²) in [5.74, 6) is -0.479. The van der Waals surface area contributed by atoms with Crippen LogP contribution in [0.2, 0.25) is 0 Å². The van der Waals surface area contributed by atoms with E-state index in [1.165, 1.54) is 0 Å². The molecule has 0 radical (unpaired) electrons. The highest BCUT2D eigenvalue weighted by Gasteiger charge is 2.45. The molecule has 4 atom stereocenters. The molecule has 0 saturated carbocycles. The van der Waals surface area contributed by atoms with Crippen molar-refractivity contribution in [1.82, 2.24) is 0 Å². The lowest BCUT2D eigenvalue weighted by molar-refractivity contribution is -0.342. The van der Waals surface area contributed by atoms with Crippen molar-refractivity contribution >= 4 is 0 Å². The van der Waals surface area contributed by atoms with Crippen LogP contribution in [0.25, 0.3) is 0 Å². The number of aliphatic hydroxyl groups excluding tert-OH is 1. The fourth-order valence-electron chi connectivity index (χ4n) is 1.95. The molecule has 2 heterocycles. The summed E-state index contributed by atoms with van der Waals surface area (Å²) in [6.07, 6.45) is -0.811. The standard InChI is InChI=1S/C10H18O4/c1-6-4-12-7-5-13-10(2,3)14-9(7)8(6)11/h6-9,11H,4-5H2,1-3H3/t6-,7+,8-,9+/m1/s1. The van der Waals surface area contributed by atoms with Gasteiger partial charge in [-0.3, -0.25) is 0 Å². The second-order valence-electron chi connectivity index (χ2n) is 4.63. The van der Waals surface area contributed by atoms with Crippen LogP contribution in [0.4, 0.5) is 0 Å². The average Bonchev–Trinajstić information content (AvgIpc) is 2.11. The molecule has 4 heteroatoms. The first-order chi connectivity index (χ1) is 6.49. The quantitative estimate of drug-likeness (QED) is 0.622. The molecule has 0 aromatic carbocycles. The van der Waals surface area contributed by atoms with Gasteiger partial charge in [0.1, 0.15) is 12.2 Å². The zero-order chi connectivity index (χ0) is 10.3. The van der Waals surface area contributed by atoms with Crippen molar-refractivity contribution in [3.8, 4) is 0 Å². The molecule has 0 aromatic heterocycles. The van der Waals surface area contributed by atoms with E-state index in [0.717, 1.165) is 0 Å². The molecule has 2 aliphatic heterocycles. The van der Waals surface area contributed by atoms with Crippen molar-refractivity contribution in [2.24, 2.45) is 5.92 Å². The Kier molecular flexibility index (Phi) is 2.55. The van der Waals surface area contributed by atoms with Crippen molar-refractivity contribution in [2.75, 3.05) is 13.2 Å². The number of hydrogen-bond acceptors (Lipinski definition) is 4. The highest BCUT2D eigenvalue weighted by molar-refractivity contribution is 4.89. The number of fused-ring (bicyclic) bond motifs is 1. The third-order valence-electron chi connectivity index (χ3n) is 2.87. The molecular formula is C10H18O4. The average molecular weight is 202 g/mol. The molecule has 2 rings (SSSR count). The van der Waals surface area contributed by atoms with Gasteiger partial charge in [0.15, 0.2) is 5.79 Å². The van der Waals surface area contributed by atoms with Gasteiger partial charge in [0.05, 0.1) is 19.3 Å². The highest BCUT2D eigenvalue weighted by Crippen LogP contribution is 2.31. The van der Waals surface area contributed by atoms with Gasteiger partial charge < -0.3 is 19.3 Å². The van der Waals surface area contributed by atoms with E-state index in [4.69, 9.17) is 14.2 Å². The minimum atomic E-state index is -0.609. The summed E-state index contributed by atoms with van der Waals surface area (Å²) < 4.78 is 16.7. The monoisotopic (exact) mass is 202 g/mol. The van der Waals surface area contributed by atoms with Crippen LogP contribution in [-0.4, -0.2) is 42.4 Å². The van der Waals surface area contributed by atoms with E-state index in [1.54, 1.807) is 0 Å². The lowest BCUT2D eigenvalue weighted by Crippen LogP contribution is -2.59. The van der Waals surface area contributed by atoms with Crippen LogP contribution >= 0.6 is 0 Å². The SMILES string of the molecule is C[C@@H]1CO[C@H]2COC(C)(C)O[C@@H]2[C@@H]1O. The van der Waals surface area contributed by atoms with Crippen molar-refractivity contribution in [2.45, 2.75) is 44.9 Å². The zero-order valence-corrected chi connectivity index (χ0v) is 8.90. The second-order valence-corrected chi connectivity index (χ2v) is 4.63. The van der Waals surface area contributed by atoms with Gasteiger partial charge in [-0.1, -0.05) is 6.92 Å². The maximum atomic E-state index is 9.94. The van der Waals surface area contributed by atoms with Gasteiger partial charge in [0, 0.05) is 5.92 Å². The molecule has 14 heavy (non-hydrogen) atoms. The van der Waals surface area contributed by atoms with Crippen LogP contribution in [0.3, 0.4) is 0 Å². The summed E-state index contributed by atoms with van der Waals surface area (Å²) >= 11 is 0. The molecular weight excluding hydrogens is 184 g/mol. The van der Waals surface area contributed by atoms with Crippen LogP contribution in [0.5, 0.6) is 0 Å². The number of ether oxygens (including phenoxy) is 3. The van der Waals surface area contributed by atoms with Gasteiger partial charge in [0.2, 0.25) is 0 Å². The van der Waals surface area contributed by atoms with Gasteiger partial charge in [0.25, 0.3) is 0 Å². The molecule has 82 valence electrons. The van der Waals surface area contributed by atoms with Crippen LogP contribution in [0.15, 0.2) is 0 Å². The predicted octanol–water partition coefficient (Wildman–Crippen LogP) is 0.534. The fraction of sp³-hybridized carbons (Fsp3) is 1.00. The molecule has 0 bridgehead atoms.